The SMILES string of the molecule is CCc1ccc(CNCC2(N)CC2)s1. The van der Waals surface area contributed by atoms with E-state index in [1.807, 2.05) is 11.3 Å². The van der Waals surface area contributed by atoms with Crippen LogP contribution in [-0.4, -0.2) is 12.1 Å². The van der Waals surface area contributed by atoms with E-state index in [4.69, 9.17) is 5.73 Å². The molecule has 1 heterocycles. The predicted molar refractivity (Wildman–Crippen MR) is 61.6 cm³/mol. The van der Waals surface area contributed by atoms with Crippen LogP contribution in [0.1, 0.15) is 29.5 Å². The molecule has 14 heavy (non-hydrogen) atoms. The van der Waals surface area contributed by atoms with Crippen LogP contribution in [0.4, 0.5) is 0 Å². The highest BCUT2D eigenvalue weighted by atomic mass is 32.1. The Hall–Kier alpha value is -0.380. The van der Waals surface area contributed by atoms with Crippen molar-refractivity contribution in [3.8, 4) is 0 Å². The van der Waals surface area contributed by atoms with Crippen molar-refractivity contribution in [1.82, 2.24) is 5.32 Å². The number of aryl methyl sites for hydroxylation is 1. The fourth-order valence-electron chi connectivity index (χ4n) is 1.48. The summed E-state index contributed by atoms with van der Waals surface area (Å²) < 4.78 is 0. The average Bonchev–Trinajstić information content (AvgIpc) is 2.75. The quantitative estimate of drug-likeness (QED) is 0.779. The molecule has 1 aliphatic rings. The summed E-state index contributed by atoms with van der Waals surface area (Å²) in [4.78, 5) is 2.89. The highest BCUT2D eigenvalue weighted by Crippen LogP contribution is 2.31. The average molecular weight is 210 g/mol. The molecule has 1 aromatic heterocycles. The fourth-order valence-corrected chi connectivity index (χ4v) is 2.41. The van der Waals surface area contributed by atoms with Gasteiger partial charge in [0.15, 0.2) is 0 Å². The molecule has 0 saturated heterocycles. The predicted octanol–water partition coefficient (Wildman–Crippen LogP) is 1.89. The molecular weight excluding hydrogens is 192 g/mol. The van der Waals surface area contributed by atoms with Crippen LogP contribution < -0.4 is 11.1 Å². The van der Waals surface area contributed by atoms with Gasteiger partial charge in [-0.2, -0.15) is 0 Å². The van der Waals surface area contributed by atoms with Gasteiger partial charge in [-0.25, -0.2) is 0 Å². The van der Waals surface area contributed by atoms with Gasteiger partial charge in [0.1, 0.15) is 0 Å². The minimum Gasteiger partial charge on any atom is -0.324 e. The van der Waals surface area contributed by atoms with E-state index in [-0.39, 0.29) is 5.54 Å². The number of hydrogen-bond acceptors (Lipinski definition) is 3. The summed E-state index contributed by atoms with van der Waals surface area (Å²) in [5.74, 6) is 0. The van der Waals surface area contributed by atoms with Gasteiger partial charge in [0.25, 0.3) is 0 Å². The van der Waals surface area contributed by atoms with Crippen LogP contribution in [0.5, 0.6) is 0 Å². The Kier molecular flexibility index (Phi) is 2.91. The topological polar surface area (TPSA) is 38.0 Å². The van der Waals surface area contributed by atoms with Crippen molar-refractivity contribution in [3.05, 3.63) is 21.9 Å². The molecule has 0 amide bonds. The maximum atomic E-state index is 5.98. The second-order valence-corrected chi connectivity index (χ2v) is 5.44. The van der Waals surface area contributed by atoms with Gasteiger partial charge in [0.05, 0.1) is 0 Å². The summed E-state index contributed by atoms with van der Waals surface area (Å²) in [6.07, 6.45) is 3.51. The zero-order valence-corrected chi connectivity index (χ0v) is 9.49. The van der Waals surface area contributed by atoms with Gasteiger partial charge in [0, 0.05) is 28.4 Å². The molecule has 3 heteroatoms. The molecule has 3 N–H and O–H groups in total. The zero-order chi connectivity index (χ0) is 10.0. The Morgan fingerprint density at radius 1 is 1.43 bits per heavy atom. The third-order valence-corrected chi connectivity index (χ3v) is 3.96. The van der Waals surface area contributed by atoms with E-state index in [1.54, 1.807) is 0 Å². The number of thiophene rings is 1. The molecule has 0 unspecified atom stereocenters. The third-order valence-electron chi connectivity index (χ3n) is 2.73. The highest BCUT2D eigenvalue weighted by molar-refractivity contribution is 7.11. The molecule has 0 atom stereocenters. The van der Waals surface area contributed by atoms with E-state index < -0.39 is 0 Å². The zero-order valence-electron chi connectivity index (χ0n) is 8.68. The normalized spacial score (nSPS) is 18.4. The van der Waals surface area contributed by atoms with Gasteiger partial charge in [-0.1, -0.05) is 6.92 Å². The van der Waals surface area contributed by atoms with Crippen molar-refractivity contribution in [2.75, 3.05) is 6.54 Å². The molecule has 0 spiro atoms. The summed E-state index contributed by atoms with van der Waals surface area (Å²) in [6.45, 7) is 4.14. The lowest BCUT2D eigenvalue weighted by Crippen LogP contribution is -2.35. The lowest BCUT2D eigenvalue weighted by atomic mass is 10.3. The Morgan fingerprint density at radius 2 is 2.14 bits per heavy atom. The van der Waals surface area contributed by atoms with E-state index in [0.717, 1.165) is 19.5 Å². The second-order valence-electron chi connectivity index (χ2n) is 4.19. The number of rotatable bonds is 5. The van der Waals surface area contributed by atoms with Gasteiger partial charge >= 0.3 is 0 Å². The number of nitrogens with two attached hydrogens (primary N) is 1. The first-order chi connectivity index (χ1) is 6.72. The number of nitrogens with one attached hydrogen (secondary N) is 1. The molecule has 1 aromatic rings. The summed E-state index contributed by atoms with van der Waals surface area (Å²) in [5, 5.41) is 3.43. The Bertz CT molecular complexity index is 302. The lowest BCUT2D eigenvalue weighted by molar-refractivity contribution is 0.572. The first-order valence-electron chi connectivity index (χ1n) is 5.29. The smallest absolute Gasteiger partial charge is 0.0300 e. The standard InChI is InChI=1S/C11H18N2S/c1-2-9-3-4-10(14-9)7-13-8-11(12)5-6-11/h3-4,13H,2,5-8,12H2,1H3. The maximum absolute atomic E-state index is 5.98. The summed E-state index contributed by atoms with van der Waals surface area (Å²) in [5.41, 5.74) is 6.11. The molecular formula is C11H18N2S. The van der Waals surface area contributed by atoms with Crippen LogP contribution in [-0.2, 0) is 13.0 Å². The Morgan fingerprint density at radius 3 is 2.71 bits per heavy atom. The highest BCUT2D eigenvalue weighted by Gasteiger charge is 2.37. The molecule has 1 aliphatic carbocycles. The van der Waals surface area contributed by atoms with Gasteiger partial charge in [-0.05, 0) is 31.4 Å². The minimum absolute atomic E-state index is 0.130. The van der Waals surface area contributed by atoms with Gasteiger partial charge in [-0.3, -0.25) is 0 Å². The largest absolute Gasteiger partial charge is 0.324 e. The first-order valence-corrected chi connectivity index (χ1v) is 6.11. The van der Waals surface area contributed by atoms with E-state index in [9.17, 15) is 0 Å². The van der Waals surface area contributed by atoms with Crippen LogP contribution in [0.15, 0.2) is 12.1 Å². The van der Waals surface area contributed by atoms with Crippen molar-refractivity contribution in [2.24, 2.45) is 5.73 Å². The van der Waals surface area contributed by atoms with Gasteiger partial charge in [-0.15, -0.1) is 11.3 Å². The second kappa shape index (κ2) is 4.01. The van der Waals surface area contributed by atoms with Crippen LogP contribution in [0.2, 0.25) is 0 Å². The minimum atomic E-state index is 0.130. The van der Waals surface area contributed by atoms with Crippen LogP contribution >= 0.6 is 11.3 Å². The monoisotopic (exact) mass is 210 g/mol. The van der Waals surface area contributed by atoms with Crippen molar-refractivity contribution < 1.29 is 0 Å². The Balaban J connectivity index is 1.74. The van der Waals surface area contributed by atoms with Crippen molar-refractivity contribution in [3.63, 3.8) is 0 Å². The maximum Gasteiger partial charge on any atom is 0.0300 e. The van der Waals surface area contributed by atoms with Crippen LogP contribution in [0, 0.1) is 0 Å². The molecule has 2 rings (SSSR count). The van der Waals surface area contributed by atoms with Crippen LogP contribution in [0.3, 0.4) is 0 Å². The van der Waals surface area contributed by atoms with Crippen molar-refractivity contribution in [1.29, 1.82) is 0 Å². The molecule has 1 fully saturated rings. The lowest BCUT2D eigenvalue weighted by Gasteiger charge is -2.08. The summed E-state index contributed by atoms with van der Waals surface area (Å²) in [7, 11) is 0. The van der Waals surface area contributed by atoms with E-state index in [2.05, 4.69) is 24.4 Å². The van der Waals surface area contributed by atoms with Gasteiger partial charge in [0.2, 0.25) is 0 Å². The van der Waals surface area contributed by atoms with E-state index in [0.29, 0.717) is 0 Å². The molecule has 0 aromatic carbocycles. The summed E-state index contributed by atoms with van der Waals surface area (Å²) in [6, 6.07) is 4.43. The van der Waals surface area contributed by atoms with Crippen molar-refractivity contribution >= 4 is 11.3 Å². The molecule has 0 aliphatic heterocycles. The molecule has 1 saturated carbocycles. The third kappa shape index (κ3) is 2.56. The van der Waals surface area contributed by atoms with Crippen molar-refractivity contribution in [2.45, 2.75) is 38.3 Å². The molecule has 0 bridgehead atoms. The Labute approximate surface area is 89.5 Å². The fraction of sp³-hybridized carbons (Fsp3) is 0.636. The van der Waals surface area contributed by atoms with E-state index >= 15 is 0 Å². The molecule has 0 radical (unpaired) electrons. The first kappa shape index (κ1) is 10.1. The van der Waals surface area contributed by atoms with Gasteiger partial charge < -0.3 is 11.1 Å². The van der Waals surface area contributed by atoms with Crippen LogP contribution in [0.25, 0.3) is 0 Å². The molecule has 78 valence electrons. The van der Waals surface area contributed by atoms with E-state index in [1.165, 1.54) is 22.6 Å². The summed E-state index contributed by atoms with van der Waals surface area (Å²) >= 11 is 1.90. The molecule has 2 nitrogen and oxygen atoms in total. The number of hydrogen-bond donors (Lipinski definition) is 2.